The van der Waals surface area contributed by atoms with Crippen LogP contribution in [0.25, 0.3) is 5.69 Å². The van der Waals surface area contributed by atoms with Crippen LogP contribution in [-0.2, 0) is 5.41 Å². The molecule has 1 atom stereocenters. The molecule has 1 N–H and O–H groups in total. The normalized spacial score (nSPS) is 24.2. The first kappa shape index (κ1) is 18.9. The van der Waals surface area contributed by atoms with Gasteiger partial charge in [0.05, 0.1) is 0 Å². The molecule has 5 rings (SSSR count). The molecule has 0 aliphatic carbocycles. The molecule has 3 aliphatic rings. The van der Waals surface area contributed by atoms with Crippen molar-refractivity contribution in [3.8, 4) is 5.69 Å². The molecule has 28 heavy (non-hydrogen) atoms. The molecule has 5 nitrogen and oxygen atoms in total. The molecule has 2 bridgehead atoms. The van der Waals surface area contributed by atoms with E-state index >= 15 is 0 Å². The summed E-state index contributed by atoms with van der Waals surface area (Å²) in [6, 6.07) is 11.5. The fourth-order valence-corrected chi connectivity index (χ4v) is 4.37. The van der Waals surface area contributed by atoms with Crippen molar-refractivity contribution < 1.29 is 4.79 Å². The molecule has 1 unspecified atom stereocenters. The first-order valence-corrected chi connectivity index (χ1v) is 10.2. The van der Waals surface area contributed by atoms with Gasteiger partial charge in [0.15, 0.2) is 0 Å². The predicted molar refractivity (Wildman–Crippen MR) is 111 cm³/mol. The molecular formula is C23H29N3O2. The summed E-state index contributed by atoms with van der Waals surface area (Å²) in [5.41, 5.74) is 1.97. The fourth-order valence-electron chi connectivity index (χ4n) is 4.37. The van der Waals surface area contributed by atoms with Crippen molar-refractivity contribution in [2.24, 2.45) is 5.92 Å². The number of benzene rings is 1. The van der Waals surface area contributed by atoms with E-state index < -0.39 is 0 Å². The third-order valence-corrected chi connectivity index (χ3v) is 6.18. The van der Waals surface area contributed by atoms with Crippen LogP contribution in [0.1, 0.15) is 49.5 Å². The summed E-state index contributed by atoms with van der Waals surface area (Å²) in [4.78, 5) is 28.2. The van der Waals surface area contributed by atoms with Gasteiger partial charge in [0.1, 0.15) is 5.56 Å². The van der Waals surface area contributed by atoms with Crippen LogP contribution in [0.15, 0.2) is 47.4 Å². The minimum Gasteiger partial charge on any atom is -0.348 e. The lowest BCUT2D eigenvalue weighted by molar-refractivity contribution is 0.0619. The molecule has 4 heterocycles. The predicted octanol–water partition coefficient (Wildman–Crippen LogP) is 2.96. The van der Waals surface area contributed by atoms with Crippen molar-refractivity contribution in [2.45, 2.75) is 45.1 Å². The van der Waals surface area contributed by atoms with Gasteiger partial charge in [-0.25, -0.2) is 0 Å². The summed E-state index contributed by atoms with van der Waals surface area (Å²) >= 11 is 0. The number of aromatic nitrogens is 1. The van der Waals surface area contributed by atoms with Crippen molar-refractivity contribution in [1.29, 1.82) is 0 Å². The lowest BCUT2D eigenvalue weighted by Crippen LogP contribution is -2.57. The van der Waals surface area contributed by atoms with E-state index in [9.17, 15) is 9.59 Å². The van der Waals surface area contributed by atoms with Gasteiger partial charge in [-0.2, -0.15) is 0 Å². The Kier molecular flexibility index (Phi) is 4.88. The molecule has 0 spiro atoms. The van der Waals surface area contributed by atoms with Crippen LogP contribution in [0, 0.1) is 5.92 Å². The molecule has 1 amide bonds. The minimum atomic E-state index is -0.273. The molecule has 1 aromatic carbocycles. The van der Waals surface area contributed by atoms with Crippen LogP contribution < -0.4 is 10.9 Å². The number of nitrogens with zero attached hydrogens (tertiary/aromatic N) is 2. The molecule has 1 aromatic heterocycles. The smallest absolute Gasteiger partial charge is 0.267 e. The Morgan fingerprint density at radius 1 is 1.07 bits per heavy atom. The lowest BCUT2D eigenvalue weighted by Gasteiger charge is -2.44. The highest BCUT2D eigenvalue weighted by atomic mass is 16.2. The van der Waals surface area contributed by atoms with Crippen molar-refractivity contribution in [3.05, 3.63) is 64.1 Å². The van der Waals surface area contributed by atoms with Gasteiger partial charge in [-0.1, -0.05) is 32.9 Å². The van der Waals surface area contributed by atoms with E-state index in [0.717, 1.165) is 38.2 Å². The molecule has 3 saturated heterocycles. The Bertz CT molecular complexity index is 916. The number of hydrogen-bond acceptors (Lipinski definition) is 3. The zero-order valence-electron chi connectivity index (χ0n) is 16.9. The maximum absolute atomic E-state index is 13.0. The Hall–Kier alpha value is -2.40. The van der Waals surface area contributed by atoms with Crippen LogP contribution in [0.3, 0.4) is 0 Å². The van der Waals surface area contributed by atoms with E-state index in [4.69, 9.17) is 0 Å². The summed E-state index contributed by atoms with van der Waals surface area (Å²) in [7, 11) is 0. The Morgan fingerprint density at radius 3 is 2.32 bits per heavy atom. The number of carbonyl (C=O) groups is 1. The summed E-state index contributed by atoms with van der Waals surface area (Å²) < 4.78 is 1.55. The molecule has 5 heteroatoms. The van der Waals surface area contributed by atoms with E-state index in [1.807, 2.05) is 24.3 Å². The Labute approximate surface area is 166 Å². The molecule has 0 saturated carbocycles. The third-order valence-electron chi connectivity index (χ3n) is 6.18. The first-order chi connectivity index (χ1) is 13.3. The highest BCUT2D eigenvalue weighted by Gasteiger charge is 2.35. The Morgan fingerprint density at radius 2 is 1.75 bits per heavy atom. The van der Waals surface area contributed by atoms with Gasteiger partial charge in [-0.05, 0) is 67.1 Å². The van der Waals surface area contributed by atoms with Gasteiger partial charge >= 0.3 is 0 Å². The number of pyridine rings is 1. The van der Waals surface area contributed by atoms with Crippen molar-refractivity contribution in [2.75, 3.05) is 19.6 Å². The second-order valence-corrected chi connectivity index (χ2v) is 9.11. The number of piperidine rings is 3. The van der Waals surface area contributed by atoms with E-state index in [1.165, 1.54) is 5.56 Å². The standard InChI is InChI=1S/C23H29N3O2/c1-23(2,3)17-6-8-18(9-7-17)26-12-4-5-19(22(26)28)21(27)24-20-15-25-13-10-16(20)11-14-25/h4-9,12,16,20H,10-11,13-15H2,1-3H3,(H,24,27). The molecule has 2 aromatic rings. The number of amides is 1. The SMILES string of the molecule is CC(C)(C)c1ccc(-n2cccc(C(=O)NC3CN4CCC3CC4)c2=O)cc1. The van der Waals surface area contributed by atoms with Gasteiger partial charge in [-0.3, -0.25) is 14.2 Å². The highest BCUT2D eigenvalue weighted by molar-refractivity contribution is 5.94. The zero-order chi connectivity index (χ0) is 19.9. The Balaban J connectivity index is 1.56. The van der Waals surface area contributed by atoms with Gasteiger partial charge in [0.25, 0.3) is 11.5 Å². The second kappa shape index (κ2) is 7.21. The average Bonchev–Trinajstić information content (AvgIpc) is 2.68. The topological polar surface area (TPSA) is 54.3 Å². The van der Waals surface area contributed by atoms with E-state index in [1.54, 1.807) is 22.9 Å². The fraction of sp³-hybridized carbons (Fsp3) is 0.478. The number of nitrogens with one attached hydrogen (secondary N) is 1. The van der Waals surface area contributed by atoms with Crippen molar-refractivity contribution in [1.82, 2.24) is 14.8 Å². The lowest BCUT2D eigenvalue weighted by atomic mass is 9.84. The minimum absolute atomic E-state index is 0.0562. The molecule has 3 aliphatic heterocycles. The van der Waals surface area contributed by atoms with Crippen molar-refractivity contribution in [3.63, 3.8) is 0 Å². The number of fused-ring (bicyclic) bond motifs is 3. The zero-order valence-corrected chi connectivity index (χ0v) is 16.9. The van der Waals surface area contributed by atoms with Crippen LogP contribution in [0.4, 0.5) is 0 Å². The van der Waals surface area contributed by atoms with E-state index in [0.29, 0.717) is 5.92 Å². The third kappa shape index (κ3) is 3.63. The summed E-state index contributed by atoms with van der Waals surface area (Å²) in [6.45, 7) is 9.63. The van der Waals surface area contributed by atoms with Gasteiger partial charge in [0, 0.05) is 24.5 Å². The van der Waals surface area contributed by atoms with Crippen LogP contribution in [0.2, 0.25) is 0 Å². The van der Waals surface area contributed by atoms with E-state index in [-0.39, 0.29) is 28.5 Å². The van der Waals surface area contributed by atoms with Gasteiger partial charge in [-0.15, -0.1) is 0 Å². The molecule has 0 radical (unpaired) electrons. The van der Waals surface area contributed by atoms with Gasteiger partial charge < -0.3 is 10.2 Å². The van der Waals surface area contributed by atoms with Crippen LogP contribution in [0.5, 0.6) is 0 Å². The van der Waals surface area contributed by atoms with Gasteiger partial charge in [0.2, 0.25) is 0 Å². The molecule has 148 valence electrons. The summed E-state index contributed by atoms with van der Waals surface area (Å²) in [6.07, 6.45) is 3.98. The monoisotopic (exact) mass is 379 g/mol. The average molecular weight is 380 g/mol. The maximum atomic E-state index is 13.0. The molecule has 3 fully saturated rings. The second-order valence-electron chi connectivity index (χ2n) is 9.11. The van der Waals surface area contributed by atoms with Crippen LogP contribution in [-0.4, -0.2) is 41.1 Å². The highest BCUT2D eigenvalue weighted by Crippen LogP contribution is 2.27. The summed E-state index contributed by atoms with van der Waals surface area (Å²) in [5, 5.41) is 3.12. The number of rotatable bonds is 3. The first-order valence-electron chi connectivity index (χ1n) is 10.2. The van der Waals surface area contributed by atoms with E-state index in [2.05, 4.69) is 31.0 Å². The summed E-state index contributed by atoms with van der Waals surface area (Å²) in [5.74, 6) is 0.272. The van der Waals surface area contributed by atoms with Crippen molar-refractivity contribution >= 4 is 5.91 Å². The quantitative estimate of drug-likeness (QED) is 0.892. The number of hydrogen-bond donors (Lipinski definition) is 1. The largest absolute Gasteiger partial charge is 0.348 e. The maximum Gasteiger partial charge on any atom is 0.267 e. The van der Waals surface area contributed by atoms with Crippen LogP contribution >= 0.6 is 0 Å². The molecular weight excluding hydrogens is 350 g/mol. The number of carbonyl (C=O) groups excluding carboxylic acids is 1.